The summed E-state index contributed by atoms with van der Waals surface area (Å²) in [5.41, 5.74) is 0.649. The molecule has 0 aliphatic carbocycles. The van der Waals surface area contributed by atoms with Gasteiger partial charge in [-0.1, -0.05) is 23.2 Å². The molecule has 86 valence electrons. The smallest absolute Gasteiger partial charge is 0.154 e. The highest BCUT2D eigenvalue weighted by Gasteiger charge is 2.38. The van der Waals surface area contributed by atoms with Crippen LogP contribution in [0.25, 0.3) is 0 Å². The average molecular weight is 258 g/mol. The lowest BCUT2D eigenvalue weighted by Gasteiger charge is -2.33. The Hall–Kier alpha value is -0.730. The van der Waals surface area contributed by atoms with Gasteiger partial charge in [-0.05, 0) is 32.0 Å². The highest BCUT2D eigenvalue weighted by molar-refractivity contribution is 6.35. The lowest BCUT2D eigenvalue weighted by atomic mass is 10.0. The summed E-state index contributed by atoms with van der Waals surface area (Å²) >= 11 is 12.1. The molecule has 0 aromatic heterocycles. The number of nitrogens with zero attached hydrogens (tertiary/aromatic N) is 1. The van der Waals surface area contributed by atoms with E-state index in [4.69, 9.17) is 23.2 Å². The number of carbonyl (C=O) groups excluding carboxylic acids is 1. The van der Waals surface area contributed by atoms with Crippen LogP contribution in [-0.2, 0) is 4.79 Å². The van der Waals surface area contributed by atoms with Crippen molar-refractivity contribution in [1.82, 2.24) is 0 Å². The average Bonchev–Trinajstić information content (AvgIpc) is 2.43. The second kappa shape index (κ2) is 3.94. The van der Waals surface area contributed by atoms with Crippen LogP contribution in [0.15, 0.2) is 18.2 Å². The van der Waals surface area contributed by atoms with Gasteiger partial charge in [-0.25, -0.2) is 0 Å². The van der Waals surface area contributed by atoms with Crippen LogP contribution in [0.4, 0.5) is 5.69 Å². The van der Waals surface area contributed by atoms with Crippen molar-refractivity contribution in [2.75, 3.05) is 11.4 Å². The first kappa shape index (κ1) is 11.7. The molecule has 2 rings (SSSR count). The molecule has 0 bridgehead atoms. The maximum absolute atomic E-state index is 11.5. The van der Waals surface area contributed by atoms with Gasteiger partial charge < -0.3 is 4.90 Å². The van der Waals surface area contributed by atoms with E-state index in [-0.39, 0.29) is 11.3 Å². The van der Waals surface area contributed by atoms with Gasteiger partial charge in [0.2, 0.25) is 0 Å². The van der Waals surface area contributed by atoms with Gasteiger partial charge in [0.1, 0.15) is 0 Å². The van der Waals surface area contributed by atoms with E-state index in [9.17, 15) is 4.79 Å². The molecule has 4 heteroatoms. The molecule has 0 spiro atoms. The molecule has 2 nitrogen and oxygen atoms in total. The number of benzene rings is 1. The van der Waals surface area contributed by atoms with Crippen molar-refractivity contribution < 1.29 is 4.79 Å². The largest absolute Gasteiger partial charge is 0.357 e. The molecule has 1 saturated heterocycles. The van der Waals surface area contributed by atoms with Gasteiger partial charge in [0.25, 0.3) is 0 Å². The van der Waals surface area contributed by atoms with Crippen molar-refractivity contribution >= 4 is 34.7 Å². The number of rotatable bonds is 1. The van der Waals surface area contributed by atoms with Crippen LogP contribution in [0.2, 0.25) is 10.0 Å². The zero-order chi connectivity index (χ0) is 11.9. The van der Waals surface area contributed by atoms with Gasteiger partial charge >= 0.3 is 0 Å². The minimum absolute atomic E-state index is 0.189. The Morgan fingerprint density at radius 2 is 2.00 bits per heavy atom. The molecule has 0 atom stereocenters. The van der Waals surface area contributed by atoms with E-state index in [0.29, 0.717) is 23.0 Å². The molecule has 1 aromatic carbocycles. The summed E-state index contributed by atoms with van der Waals surface area (Å²) in [5, 5.41) is 1.27. The quantitative estimate of drug-likeness (QED) is 0.767. The number of halogens is 2. The van der Waals surface area contributed by atoms with E-state index in [0.717, 1.165) is 5.69 Å². The summed E-state index contributed by atoms with van der Waals surface area (Å²) in [7, 11) is 0. The number of Topliss-reactive ketones (excluding diaryl/α,β-unsaturated/α-hetero) is 1. The third kappa shape index (κ3) is 2.04. The van der Waals surface area contributed by atoms with Gasteiger partial charge in [0.05, 0.1) is 17.3 Å². The third-order valence-corrected chi connectivity index (χ3v) is 3.45. The zero-order valence-electron chi connectivity index (χ0n) is 9.26. The lowest BCUT2D eigenvalue weighted by Crippen LogP contribution is -2.38. The molecular weight excluding hydrogens is 245 g/mol. The Kier molecular flexibility index (Phi) is 2.89. The summed E-state index contributed by atoms with van der Waals surface area (Å²) in [6.07, 6.45) is 0.551. The fourth-order valence-electron chi connectivity index (χ4n) is 2.13. The van der Waals surface area contributed by atoms with E-state index in [1.54, 1.807) is 12.1 Å². The van der Waals surface area contributed by atoms with E-state index in [1.165, 1.54) is 0 Å². The monoisotopic (exact) mass is 257 g/mol. The fraction of sp³-hybridized carbons (Fsp3) is 0.417. The maximum Gasteiger partial charge on any atom is 0.154 e. The van der Waals surface area contributed by atoms with Gasteiger partial charge in [-0.3, -0.25) is 4.79 Å². The number of hydrogen-bond donors (Lipinski definition) is 0. The Bertz CT molecular complexity index is 443. The predicted molar refractivity (Wildman–Crippen MR) is 67.5 cm³/mol. The Morgan fingerprint density at radius 3 is 2.56 bits per heavy atom. The van der Waals surface area contributed by atoms with Gasteiger partial charge in [0, 0.05) is 17.0 Å². The second-order valence-corrected chi connectivity index (χ2v) is 5.55. The maximum atomic E-state index is 11.5. The molecule has 1 heterocycles. The van der Waals surface area contributed by atoms with Crippen molar-refractivity contribution in [1.29, 1.82) is 0 Å². The molecule has 1 aliphatic heterocycles. The van der Waals surface area contributed by atoms with Gasteiger partial charge in [-0.2, -0.15) is 0 Å². The number of carbonyl (C=O) groups is 1. The standard InChI is InChI=1S/C12H13Cl2NO/c1-12(2)6-9(16)7-15(12)11-5-8(13)3-4-10(11)14/h3-5H,6-7H2,1-2H3. The highest BCUT2D eigenvalue weighted by Crippen LogP contribution is 2.37. The summed E-state index contributed by atoms with van der Waals surface area (Å²) in [5.74, 6) is 0.237. The zero-order valence-corrected chi connectivity index (χ0v) is 10.8. The molecule has 0 unspecified atom stereocenters. The minimum atomic E-state index is -0.189. The van der Waals surface area contributed by atoms with Crippen molar-refractivity contribution in [3.8, 4) is 0 Å². The molecule has 1 aromatic rings. The van der Waals surface area contributed by atoms with Gasteiger partial charge in [-0.15, -0.1) is 0 Å². The molecule has 0 saturated carbocycles. The molecule has 0 N–H and O–H groups in total. The summed E-state index contributed by atoms with van der Waals surface area (Å²) in [6, 6.07) is 5.32. The molecule has 1 fully saturated rings. The van der Waals surface area contributed by atoms with Gasteiger partial charge in [0.15, 0.2) is 5.78 Å². The summed E-state index contributed by atoms with van der Waals surface area (Å²) < 4.78 is 0. The van der Waals surface area contributed by atoms with Crippen LogP contribution < -0.4 is 4.90 Å². The normalized spacial score (nSPS) is 19.2. The number of anilines is 1. The topological polar surface area (TPSA) is 20.3 Å². The van der Waals surface area contributed by atoms with Crippen LogP contribution in [0.5, 0.6) is 0 Å². The predicted octanol–water partition coefficient (Wildman–Crippen LogP) is 3.55. The van der Waals surface area contributed by atoms with Crippen LogP contribution in [0, 0.1) is 0 Å². The van der Waals surface area contributed by atoms with Crippen molar-refractivity contribution in [2.24, 2.45) is 0 Å². The first-order valence-corrected chi connectivity index (χ1v) is 5.90. The molecule has 1 aliphatic rings. The molecule has 0 amide bonds. The van der Waals surface area contributed by atoms with E-state index in [1.807, 2.05) is 24.8 Å². The van der Waals surface area contributed by atoms with Crippen molar-refractivity contribution in [3.63, 3.8) is 0 Å². The van der Waals surface area contributed by atoms with Crippen molar-refractivity contribution in [2.45, 2.75) is 25.8 Å². The lowest BCUT2D eigenvalue weighted by molar-refractivity contribution is -0.116. The molecule has 0 radical (unpaired) electrons. The molecule has 16 heavy (non-hydrogen) atoms. The number of ketones is 1. The summed E-state index contributed by atoms with van der Waals surface area (Å²) in [6.45, 7) is 4.48. The first-order chi connectivity index (χ1) is 7.40. The molecular formula is C12H13Cl2NO. The van der Waals surface area contributed by atoms with Crippen LogP contribution >= 0.6 is 23.2 Å². The summed E-state index contributed by atoms with van der Waals surface area (Å²) in [4.78, 5) is 13.5. The van der Waals surface area contributed by atoms with Crippen LogP contribution in [0.1, 0.15) is 20.3 Å². The van der Waals surface area contributed by atoms with Crippen LogP contribution in [-0.4, -0.2) is 17.9 Å². The first-order valence-electron chi connectivity index (χ1n) is 5.14. The van der Waals surface area contributed by atoms with E-state index in [2.05, 4.69) is 0 Å². The minimum Gasteiger partial charge on any atom is -0.357 e. The van der Waals surface area contributed by atoms with Crippen LogP contribution in [0.3, 0.4) is 0 Å². The Labute approximate surface area is 105 Å². The highest BCUT2D eigenvalue weighted by atomic mass is 35.5. The Morgan fingerprint density at radius 1 is 1.31 bits per heavy atom. The third-order valence-electron chi connectivity index (χ3n) is 2.89. The SMILES string of the molecule is CC1(C)CC(=O)CN1c1cc(Cl)ccc1Cl. The van der Waals surface area contributed by atoms with E-state index < -0.39 is 0 Å². The second-order valence-electron chi connectivity index (χ2n) is 4.71. The number of hydrogen-bond acceptors (Lipinski definition) is 2. The van der Waals surface area contributed by atoms with E-state index >= 15 is 0 Å². The Balaban J connectivity index is 2.44. The van der Waals surface area contributed by atoms with Crippen molar-refractivity contribution in [3.05, 3.63) is 28.2 Å². The fourth-order valence-corrected chi connectivity index (χ4v) is 2.51.